The number of rotatable bonds is 9. The summed E-state index contributed by atoms with van der Waals surface area (Å²) in [5, 5.41) is 21.5. The Kier molecular flexibility index (Phi) is 6.99. The molecule has 0 aliphatic rings. The van der Waals surface area contributed by atoms with Crippen LogP contribution in [0.3, 0.4) is 0 Å². The molecule has 3 aromatic rings. The fourth-order valence-electron chi connectivity index (χ4n) is 2.82. The Morgan fingerprint density at radius 2 is 2.00 bits per heavy atom. The Morgan fingerprint density at radius 1 is 1.20 bits per heavy atom. The smallest absolute Gasteiger partial charge is 0.329 e. The molecule has 0 aliphatic carbocycles. The molecule has 3 N–H and O–H groups in total. The Hall–Kier alpha value is -3.01. The number of thiazole rings is 1. The number of carboxylic acid groups (broad SMARTS) is 1. The lowest BCUT2D eigenvalue weighted by Gasteiger charge is -2.14. The van der Waals surface area contributed by atoms with Crippen LogP contribution >= 0.6 is 11.3 Å². The van der Waals surface area contributed by atoms with Crippen LogP contribution in [-0.2, 0) is 22.7 Å². The van der Waals surface area contributed by atoms with Crippen LogP contribution in [0.1, 0.15) is 34.8 Å². The summed E-state index contributed by atoms with van der Waals surface area (Å²) in [5.74, 6) is -0.887. The molecule has 0 spiro atoms. The molecule has 0 atom stereocenters. The van der Waals surface area contributed by atoms with E-state index < -0.39 is 12.6 Å². The van der Waals surface area contributed by atoms with Crippen LogP contribution in [0, 0.1) is 0 Å². The number of benzene rings is 2. The van der Waals surface area contributed by atoms with Gasteiger partial charge in [0.05, 0.1) is 29.5 Å². The molecule has 1 heterocycles. The number of amides is 1. The normalized spacial score (nSPS) is 11.1. The number of hydrogen-bond acceptors (Lipinski definition) is 7. The average molecular weight is 430 g/mol. The van der Waals surface area contributed by atoms with Gasteiger partial charge in [0.1, 0.15) is 17.4 Å². The summed E-state index contributed by atoms with van der Waals surface area (Å²) in [6.45, 7) is 3.13. The van der Waals surface area contributed by atoms with E-state index in [0.29, 0.717) is 33.1 Å². The molecular formula is C21H22N2O6S. The summed E-state index contributed by atoms with van der Waals surface area (Å²) in [4.78, 5) is 27.9. The summed E-state index contributed by atoms with van der Waals surface area (Å²) in [7, 11) is 0. The van der Waals surface area contributed by atoms with E-state index in [1.54, 1.807) is 30.3 Å². The van der Waals surface area contributed by atoms with Crippen LogP contribution < -0.4 is 10.1 Å². The molecule has 8 nitrogen and oxygen atoms in total. The van der Waals surface area contributed by atoms with E-state index in [1.807, 2.05) is 19.9 Å². The summed E-state index contributed by atoms with van der Waals surface area (Å²) < 4.78 is 11.8. The molecule has 0 fully saturated rings. The molecule has 0 aliphatic heterocycles. The van der Waals surface area contributed by atoms with Crippen LogP contribution in [0.25, 0.3) is 10.2 Å². The van der Waals surface area contributed by atoms with Crippen molar-refractivity contribution < 1.29 is 29.3 Å². The molecule has 0 radical (unpaired) electrons. The predicted octanol–water partition coefficient (Wildman–Crippen LogP) is 3.43. The minimum Gasteiger partial charge on any atom is -0.491 e. The molecule has 0 bridgehead atoms. The number of aliphatic hydroxyl groups excluding tert-OH is 1. The van der Waals surface area contributed by atoms with Crippen LogP contribution in [0.15, 0.2) is 36.4 Å². The van der Waals surface area contributed by atoms with Crippen molar-refractivity contribution in [1.82, 2.24) is 4.98 Å². The highest BCUT2D eigenvalue weighted by Crippen LogP contribution is 2.26. The fraction of sp³-hybridized carbons (Fsp3) is 0.286. The highest BCUT2D eigenvalue weighted by atomic mass is 32.1. The maximum absolute atomic E-state index is 12.9. The number of aromatic nitrogens is 1. The van der Waals surface area contributed by atoms with E-state index in [2.05, 4.69) is 10.3 Å². The maximum atomic E-state index is 12.9. The number of nitrogens with zero attached hydrogens (tertiary/aromatic N) is 1. The number of ether oxygens (including phenoxy) is 2. The van der Waals surface area contributed by atoms with Gasteiger partial charge in [-0.25, -0.2) is 9.78 Å². The fourth-order valence-corrected chi connectivity index (χ4v) is 3.63. The maximum Gasteiger partial charge on any atom is 0.329 e. The Morgan fingerprint density at radius 3 is 2.70 bits per heavy atom. The number of carbonyl (C=O) groups excluding carboxylic acids is 1. The number of hydrogen-bond donors (Lipinski definition) is 3. The Balaban J connectivity index is 1.82. The third kappa shape index (κ3) is 5.53. The zero-order chi connectivity index (χ0) is 21.7. The van der Waals surface area contributed by atoms with Crippen molar-refractivity contribution in [1.29, 1.82) is 0 Å². The van der Waals surface area contributed by atoms with Gasteiger partial charge in [-0.15, -0.1) is 11.3 Å². The number of aliphatic carboxylic acids is 1. The van der Waals surface area contributed by atoms with Crippen LogP contribution in [0.2, 0.25) is 0 Å². The molecule has 3 rings (SSSR count). The molecular weight excluding hydrogens is 408 g/mol. The van der Waals surface area contributed by atoms with Crippen molar-refractivity contribution >= 4 is 39.1 Å². The lowest BCUT2D eigenvalue weighted by Crippen LogP contribution is -2.16. The minimum absolute atomic E-state index is 0.0463. The molecule has 9 heteroatoms. The summed E-state index contributed by atoms with van der Waals surface area (Å²) in [5.41, 5.74) is 2.12. The number of fused-ring (bicyclic) bond motifs is 1. The van der Waals surface area contributed by atoms with Crippen molar-refractivity contribution in [3.8, 4) is 5.75 Å². The molecule has 158 valence electrons. The van der Waals surface area contributed by atoms with Gasteiger partial charge in [-0.3, -0.25) is 4.79 Å². The molecule has 0 unspecified atom stereocenters. The second-order valence-electron chi connectivity index (χ2n) is 6.77. The van der Waals surface area contributed by atoms with Crippen molar-refractivity contribution in [3.63, 3.8) is 0 Å². The van der Waals surface area contributed by atoms with Gasteiger partial charge >= 0.3 is 5.97 Å². The van der Waals surface area contributed by atoms with Gasteiger partial charge in [-0.1, -0.05) is 0 Å². The molecule has 1 amide bonds. The van der Waals surface area contributed by atoms with Gasteiger partial charge in [-0.05, 0) is 55.8 Å². The van der Waals surface area contributed by atoms with Crippen LogP contribution in [0.4, 0.5) is 5.69 Å². The van der Waals surface area contributed by atoms with E-state index in [1.165, 1.54) is 11.3 Å². The molecule has 1 aromatic heterocycles. The first-order valence-corrected chi connectivity index (χ1v) is 10.1. The van der Waals surface area contributed by atoms with Crippen LogP contribution in [-0.4, -0.2) is 39.8 Å². The predicted molar refractivity (Wildman–Crippen MR) is 113 cm³/mol. The zero-order valence-corrected chi connectivity index (χ0v) is 17.4. The first-order chi connectivity index (χ1) is 14.4. The SMILES string of the molecule is CC(C)Oc1ccc(C(=O)Nc2ccc3sc(CO)nc3c2)c(COCC(=O)O)c1. The van der Waals surface area contributed by atoms with Gasteiger partial charge in [-0.2, -0.15) is 0 Å². The number of nitrogens with one attached hydrogen (secondary N) is 1. The van der Waals surface area contributed by atoms with Gasteiger partial charge in [0.15, 0.2) is 0 Å². The number of carboxylic acids is 1. The van der Waals surface area contributed by atoms with E-state index in [-0.39, 0.29) is 25.2 Å². The van der Waals surface area contributed by atoms with Crippen molar-refractivity contribution in [2.24, 2.45) is 0 Å². The molecule has 2 aromatic carbocycles. The zero-order valence-electron chi connectivity index (χ0n) is 16.5. The Bertz CT molecular complexity index is 1060. The van der Waals surface area contributed by atoms with E-state index >= 15 is 0 Å². The van der Waals surface area contributed by atoms with Crippen molar-refractivity contribution in [2.75, 3.05) is 11.9 Å². The molecule has 0 saturated heterocycles. The van der Waals surface area contributed by atoms with E-state index in [4.69, 9.17) is 14.6 Å². The molecule has 0 saturated carbocycles. The quantitative estimate of drug-likeness (QED) is 0.476. The number of anilines is 1. The third-order valence-electron chi connectivity index (χ3n) is 4.00. The standard InChI is InChI=1S/C21H22N2O6S/c1-12(2)29-15-4-5-16(13(7-15)10-28-11-20(25)26)21(27)22-14-3-6-18-17(8-14)23-19(9-24)30-18/h3-8,12,24H,9-11H2,1-2H3,(H,22,27)(H,25,26). The monoisotopic (exact) mass is 430 g/mol. The first-order valence-electron chi connectivity index (χ1n) is 9.26. The van der Waals surface area contributed by atoms with E-state index in [0.717, 1.165) is 4.70 Å². The van der Waals surface area contributed by atoms with Crippen molar-refractivity contribution in [3.05, 3.63) is 52.5 Å². The summed E-state index contributed by atoms with van der Waals surface area (Å²) in [6.07, 6.45) is -0.0499. The second kappa shape index (κ2) is 9.66. The number of carbonyl (C=O) groups is 2. The van der Waals surface area contributed by atoms with E-state index in [9.17, 15) is 14.7 Å². The van der Waals surface area contributed by atoms with Gasteiger partial charge in [0, 0.05) is 11.3 Å². The first kappa shape index (κ1) is 21.7. The second-order valence-corrected chi connectivity index (χ2v) is 7.89. The molecule has 30 heavy (non-hydrogen) atoms. The third-order valence-corrected chi connectivity index (χ3v) is 5.02. The lowest BCUT2D eigenvalue weighted by molar-refractivity contribution is -0.142. The topological polar surface area (TPSA) is 118 Å². The Labute approximate surface area is 177 Å². The van der Waals surface area contributed by atoms with Gasteiger partial charge in [0.25, 0.3) is 5.91 Å². The highest BCUT2D eigenvalue weighted by molar-refractivity contribution is 7.18. The average Bonchev–Trinajstić information content (AvgIpc) is 3.10. The summed E-state index contributed by atoms with van der Waals surface area (Å²) >= 11 is 1.39. The largest absolute Gasteiger partial charge is 0.491 e. The summed E-state index contributed by atoms with van der Waals surface area (Å²) in [6, 6.07) is 10.3. The number of aliphatic hydroxyl groups is 1. The highest BCUT2D eigenvalue weighted by Gasteiger charge is 2.15. The minimum atomic E-state index is -1.09. The van der Waals surface area contributed by atoms with Crippen molar-refractivity contribution in [2.45, 2.75) is 33.2 Å². The van der Waals surface area contributed by atoms with Gasteiger partial charge < -0.3 is 25.0 Å². The lowest BCUT2D eigenvalue weighted by atomic mass is 10.1. The van der Waals surface area contributed by atoms with Crippen LogP contribution in [0.5, 0.6) is 5.75 Å². The van der Waals surface area contributed by atoms with Gasteiger partial charge in [0.2, 0.25) is 0 Å².